The van der Waals surface area contributed by atoms with E-state index >= 15 is 0 Å². The van der Waals surface area contributed by atoms with Crippen molar-refractivity contribution < 1.29 is 4.79 Å². The molecule has 3 nitrogen and oxygen atoms in total. The minimum atomic E-state index is 0.106. The molecule has 0 aromatic heterocycles. The van der Waals surface area contributed by atoms with Crippen LogP contribution in [0.1, 0.15) is 49.4 Å². The molecule has 0 aliphatic carbocycles. The molecule has 1 aliphatic rings. The van der Waals surface area contributed by atoms with E-state index in [9.17, 15) is 4.79 Å². The van der Waals surface area contributed by atoms with Crippen molar-refractivity contribution in [1.29, 1.82) is 0 Å². The van der Waals surface area contributed by atoms with Crippen molar-refractivity contribution in [3.8, 4) is 0 Å². The molecule has 1 heterocycles. The van der Waals surface area contributed by atoms with Crippen LogP contribution in [0.2, 0.25) is 5.02 Å². The van der Waals surface area contributed by atoms with Crippen LogP contribution in [0.3, 0.4) is 0 Å². The van der Waals surface area contributed by atoms with Gasteiger partial charge in [-0.1, -0.05) is 24.9 Å². The van der Waals surface area contributed by atoms with Gasteiger partial charge in [-0.25, -0.2) is 0 Å². The van der Waals surface area contributed by atoms with Gasteiger partial charge in [-0.15, -0.1) is 0 Å². The van der Waals surface area contributed by atoms with E-state index in [1.807, 2.05) is 24.1 Å². The molecule has 1 atom stereocenters. The molecule has 1 aromatic carbocycles. The number of halogens is 1. The lowest BCUT2D eigenvalue weighted by molar-refractivity contribution is 0.0601. The molecule has 0 saturated carbocycles. The average molecular weight is 295 g/mol. The highest BCUT2D eigenvalue weighted by atomic mass is 35.5. The molecule has 0 radical (unpaired) electrons. The van der Waals surface area contributed by atoms with Gasteiger partial charge in [0.2, 0.25) is 0 Å². The number of likely N-dealkylation sites (tertiary alicyclic amines) is 1. The number of rotatable bonds is 4. The third-order valence-corrected chi connectivity index (χ3v) is 4.23. The normalized spacial score (nSPS) is 18.9. The monoisotopic (exact) mass is 294 g/mol. The number of nitrogens with zero attached hydrogens (tertiary/aromatic N) is 1. The maximum atomic E-state index is 12.8. The topological polar surface area (TPSA) is 32.3 Å². The van der Waals surface area contributed by atoms with Crippen molar-refractivity contribution >= 4 is 23.2 Å². The molecule has 0 spiro atoms. The molecular weight excluding hydrogens is 272 g/mol. The minimum Gasteiger partial charge on any atom is -0.387 e. The first-order valence-corrected chi connectivity index (χ1v) is 7.83. The zero-order chi connectivity index (χ0) is 14.5. The summed E-state index contributed by atoms with van der Waals surface area (Å²) in [7, 11) is 1.83. The van der Waals surface area contributed by atoms with Gasteiger partial charge >= 0.3 is 0 Å². The lowest BCUT2D eigenvalue weighted by Gasteiger charge is -2.36. The van der Waals surface area contributed by atoms with Crippen LogP contribution in [0.4, 0.5) is 5.69 Å². The Bertz CT molecular complexity index is 474. The van der Waals surface area contributed by atoms with Gasteiger partial charge in [-0.2, -0.15) is 0 Å². The van der Waals surface area contributed by atoms with E-state index in [0.717, 1.165) is 37.9 Å². The number of hydrogen-bond acceptors (Lipinski definition) is 2. The second-order valence-electron chi connectivity index (χ2n) is 5.38. The third-order valence-electron chi connectivity index (χ3n) is 3.99. The van der Waals surface area contributed by atoms with Crippen LogP contribution < -0.4 is 5.32 Å². The van der Waals surface area contributed by atoms with E-state index in [1.54, 1.807) is 6.07 Å². The van der Waals surface area contributed by atoms with E-state index in [2.05, 4.69) is 12.2 Å². The van der Waals surface area contributed by atoms with Gasteiger partial charge < -0.3 is 10.2 Å². The fourth-order valence-corrected chi connectivity index (χ4v) is 3.14. The Morgan fingerprint density at radius 1 is 1.45 bits per heavy atom. The molecule has 2 rings (SSSR count). The lowest BCUT2D eigenvalue weighted by Crippen LogP contribution is -2.43. The van der Waals surface area contributed by atoms with Gasteiger partial charge in [0.15, 0.2) is 0 Å². The zero-order valence-electron chi connectivity index (χ0n) is 12.3. The van der Waals surface area contributed by atoms with Crippen molar-refractivity contribution in [1.82, 2.24) is 4.90 Å². The zero-order valence-corrected chi connectivity index (χ0v) is 13.0. The molecule has 0 bridgehead atoms. The summed E-state index contributed by atoms with van der Waals surface area (Å²) in [6.07, 6.45) is 5.64. The number of amides is 1. The second kappa shape index (κ2) is 6.98. The first-order valence-electron chi connectivity index (χ1n) is 7.45. The van der Waals surface area contributed by atoms with Gasteiger partial charge in [0.25, 0.3) is 5.91 Å². The molecule has 1 saturated heterocycles. The summed E-state index contributed by atoms with van der Waals surface area (Å²) >= 11 is 6.06. The van der Waals surface area contributed by atoms with Gasteiger partial charge in [0.05, 0.1) is 5.56 Å². The van der Waals surface area contributed by atoms with Crippen molar-refractivity contribution in [2.45, 2.75) is 45.1 Å². The molecule has 1 aliphatic heterocycles. The summed E-state index contributed by atoms with van der Waals surface area (Å²) in [4.78, 5) is 14.9. The van der Waals surface area contributed by atoms with E-state index < -0.39 is 0 Å². The molecule has 110 valence electrons. The van der Waals surface area contributed by atoms with Crippen molar-refractivity contribution in [3.05, 3.63) is 28.8 Å². The first-order chi connectivity index (χ1) is 9.67. The molecule has 4 heteroatoms. The Morgan fingerprint density at radius 2 is 2.25 bits per heavy atom. The highest BCUT2D eigenvalue weighted by Gasteiger charge is 2.28. The quantitative estimate of drug-likeness (QED) is 0.903. The smallest absolute Gasteiger partial charge is 0.256 e. The number of hydrogen-bond donors (Lipinski definition) is 1. The summed E-state index contributed by atoms with van der Waals surface area (Å²) in [5.41, 5.74) is 1.53. The third kappa shape index (κ3) is 3.26. The number of nitrogens with one attached hydrogen (secondary N) is 1. The van der Waals surface area contributed by atoms with E-state index in [0.29, 0.717) is 16.6 Å². The van der Waals surface area contributed by atoms with Crippen LogP contribution in [0, 0.1) is 0 Å². The van der Waals surface area contributed by atoms with Crippen LogP contribution in [0.15, 0.2) is 18.2 Å². The SMILES string of the molecule is CCCC1CCCCN1C(=O)c1cc(Cl)ccc1NC. The van der Waals surface area contributed by atoms with Crippen LogP contribution in [0.25, 0.3) is 0 Å². The molecule has 1 amide bonds. The Kier molecular flexibility index (Phi) is 5.30. The fraction of sp³-hybridized carbons (Fsp3) is 0.562. The van der Waals surface area contributed by atoms with Crippen molar-refractivity contribution in [3.63, 3.8) is 0 Å². The Morgan fingerprint density at radius 3 is 2.95 bits per heavy atom. The number of benzene rings is 1. The van der Waals surface area contributed by atoms with Crippen LogP contribution >= 0.6 is 11.6 Å². The van der Waals surface area contributed by atoms with Crippen molar-refractivity contribution in [2.24, 2.45) is 0 Å². The lowest BCUT2D eigenvalue weighted by atomic mass is 9.97. The largest absolute Gasteiger partial charge is 0.387 e. The molecule has 20 heavy (non-hydrogen) atoms. The molecule has 1 unspecified atom stereocenters. The number of carbonyl (C=O) groups excluding carboxylic acids is 1. The first kappa shape index (κ1) is 15.2. The van der Waals surface area contributed by atoms with Crippen molar-refractivity contribution in [2.75, 3.05) is 18.9 Å². The molecule has 1 fully saturated rings. The Balaban J connectivity index is 2.26. The highest BCUT2D eigenvalue weighted by Crippen LogP contribution is 2.27. The summed E-state index contributed by atoms with van der Waals surface area (Å²) in [6.45, 7) is 3.04. The predicted octanol–water partition coefficient (Wildman–Crippen LogP) is 4.18. The van der Waals surface area contributed by atoms with Crippen LogP contribution in [0.5, 0.6) is 0 Å². The van der Waals surface area contributed by atoms with Crippen LogP contribution in [-0.4, -0.2) is 30.4 Å². The summed E-state index contributed by atoms with van der Waals surface area (Å²) in [5.74, 6) is 0.106. The standard InChI is InChI=1S/C16H23ClN2O/c1-3-6-13-7-4-5-10-19(13)16(20)14-11-12(17)8-9-15(14)18-2/h8-9,11,13,18H,3-7,10H2,1-2H3. The Hall–Kier alpha value is -1.22. The second-order valence-corrected chi connectivity index (χ2v) is 5.81. The van der Waals surface area contributed by atoms with E-state index in [1.165, 1.54) is 6.42 Å². The van der Waals surface area contributed by atoms with Crippen LogP contribution in [-0.2, 0) is 0 Å². The predicted molar refractivity (Wildman–Crippen MR) is 84.6 cm³/mol. The summed E-state index contributed by atoms with van der Waals surface area (Å²) in [6, 6.07) is 5.83. The number of piperidine rings is 1. The summed E-state index contributed by atoms with van der Waals surface area (Å²) < 4.78 is 0. The van der Waals surface area contributed by atoms with E-state index in [-0.39, 0.29) is 5.91 Å². The van der Waals surface area contributed by atoms with Gasteiger partial charge in [0, 0.05) is 30.3 Å². The maximum absolute atomic E-state index is 12.8. The highest BCUT2D eigenvalue weighted by molar-refractivity contribution is 6.31. The minimum absolute atomic E-state index is 0.106. The van der Waals surface area contributed by atoms with E-state index in [4.69, 9.17) is 11.6 Å². The summed E-state index contributed by atoms with van der Waals surface area (Å²) in [5, 5.41) is 3.69. The van der Waals surface area contributed by atoms with Gasteiger partial charge in [-0.3, -0.25) is 4.79 Å². The Labute approximate surface area is 126 Å². The molecule has 1 N–H and O–H groups in total. The molecule has 1 aromatic rings. The number of anilines is 1. The van der Waals surface area contributed by atoms with Gasteiger partial charge in [0.1, 0.15) is 0 Å². The average Bonchev–Trinajstić information content (AvgIpc) is 2.47. The number of carbonyl (C=O) groups is 1. The fourth-order valence-electron chi connectivity index (χ4n) is 2.97. The van der Waals surface area contributed by atoms with Gasteiger partial charge in [-0.05, 0) is 43.9 Å². The maximum Gasteiger partial charge on any atom is 0.256 e. The molecular formula is C16H23ClN2O.